The van der Waals surface area contributed by atoms with Crippen LogP contribution in [0.3, 0.4) is 0 Å². The van der Waals surface area contributed by atoms with E-state index >= 15 is 0 Å². The smallest absolute Gasteiger partial charge is 0.242 e. The van der Waals surface area contributed by atoms with Crippen LogP contribution in [0.25, 0.3) is 0 Å². The van der Waals surface area contributed by atoms with Gasteiger partial charge >= 0.3 is 0 Å². The van der Waals surface area contributed by atoms with Crippen molar-refractivity contribution in [3.8, 4) is 0 Å². The Bertz CT molecular complexity index is 391. The summed E-state index contributed by atoms with van der Waals surface area (Å²) in [6.45, 7) is 3.98. The number of amides is 1. The Morgan fingerprint density at radius 2 is 1.94 bits per heavy atom. The van der Waals surface area contributed by atoms with E-state index in [1.54, 1.807) is 12.1 Å². The molecule has 1 atom stereocenters. The summed E-state index contributed by atoms with van der Waals surface area (Å²) in [5.41, 5.74) is 5.66. The molecule has 100 valence electrons. The Morgan fingerprint density at radius 1 is 1.33 bits per heavy atom. The highest BCUT2D eigenvalue weighted by molar-refractivity contribution is 6.30. The average Bonchev–Trinajstić information content (AvgIpc) is 2.32. The highest BCUT2D eigenvalue weighted by Crippen LogP contribution is 2.22. The standard InChI is InChI=1S/C14H21ClN2O/c1-3-4-5-10-14(2,13(16)18)17-12-8-6-11(15)7-9-12/h6-9,17H,3-5,10H2,1-2H3,(H2,16,18). The molecular formula is C14H21ClN2O. The van der Waals surface area contributed by atoms with Gasteiger partial charge in [0.25, 0.3) is 0 Å². The van der Waals surface area contributed by atoms with Gasteiger partial charge in [0, 0.05) is 10.7 Å². The molecule has 1 aromatic rings. The quantitative estimate of drug-likeness (QED) is 0.743. The van der Waals surface area contributed by atoms with Crippen LogP contribution in [-0.4, -0.2) is 11.4 Å². The van der Waals surface area contributed by atoms with Gasteiger partial charge in [-0.25, -0.2) is 0 Å². The molecule has 0 aliphatic heterocycles. The maximum Gasteiger partial charge on any atom is 0.242 e. The monoisotopic (exact) mass is 268 g/mol. The number of hydrogen-bond donors (Lipinski definition) is 2. The van der Waals surface area contributed by atoms with E-state index in [9.17, 15) is 4.79 Å². The molecule has 0 saturated heterocycles. The minimum atomic E-state index is -0.705. The second-order valence-corrected chi connectivity index (χ2v) is 5.22. The molecule has 0 saturated carbocycles. The fraction of sp³-hybridized carbons (Fsp3) is 0.500. The lowest BCUT2D eigenvalue weighted by Crippen LogP contribution is -2.47. The van der Waals surface area contributed by atoms with Crippen LogP contribution in [0, 0.1) is 0 Å². The fourth-order valence-corrected chi connectivity index (χ4v) is 1.95. The number of nitrogens with two attached hydrogens (primary N) is 1. The SMILES string of the molecule is CCCCCC(C)(Nc1ccc(Cl)cc1)C(N)=O. The number of nitrogens with one attached hydrogen (secondary N) is 1. The number of carbonyl (C=O) groups excluding carboxylic acids is 1. The van der Waals surface area contributed by atoms with E-state index in [2.05, 4.69) is 12.2 Å². The molecule has 0 fully saturated rings. The first kappa shape index (κ1) is 14.8. The van der Waals surface area contributed by atoms with Crippen molar-refractivity contribution in [3.63, 3.8) is 0 Å². The van der Waals surface area contributed by atoms with Crippen LogP contribution in [-0.2, 0) is 4.79 Å². The summed E-state index contributed by atoms with van der Waals surface area (Å²) < 4.78 is 0. The second-order valence-electron chi connectivity index (χ2n) is 4.79. The predicted molar refractivity (Wildman–Crippen MR) is 76.8 cm³/mol. The summed E-state index contributed by atoms with van der Waals surface area (Å²) in [5.74, 6) is -0.325. The maximum absolute atomic E-state index is 11.6. The van der Waals surface area contributed by atoms with E-state index in [1.807, 2.05) is 19.1 Å². The van der Waals surface area contributed by atoms with Gasteiger partial charge in [0.15, 0.2) is 0 Å². The molecule has 3 N–H and O–H groups in total. The molecule has 1 rings (SSSR count). The first-order valence-electron chi connectivity index (χ1n) is 6.31. The highest BCUT2D eigenvalue weighted by atomic mass is 35.5. The van der Waals surface area contributed by atoms with Crippen LogP contribution >= 0.6 is 11.6 Å². The van der Waals surface area contributed by atoms with Gasteiger partial charge in [-0.3, -0.25) is 4.79 Å². The van der Waals surface area contributed by atoms with E-state index < -0.39 is 5.54 Å². The number of rotatable bonds is 7. The van der Waals surface area contributed by atoms with Crippen molar-refractivity contribution >= 4 is 23.2 Å². The first-order valence-corrected chi connectivity index (χ1v) is 6.69. The number of halogens is 1. The summed E-state index contributed by atoms with van der Waals surface area (Å²) in [5, 5.41) is 3.88. The van der Waals surface area contributed by atoms with Crippen molar-refractivity contribution < 1.29 is 4.79 Å². The maximum atomic E-state index is 11.6. The zero-order valence-corrected chi connectivity index (χ0v) is 11.8. The molecule has 0 bridgehead atoms. The third-order valence-electron chi connectivity index (χ3n) is 3.09. The summed E-state index contributed by atoms with van der Waals surface area (Å²) in [7, 11) is 0. The molecule has 1 aromatic carbocycles. The van der Waals surface area contributed by atoms with E-state index in [0.717, 1.165) is 31.4 Å². The average molecular weight is 269 g/mol. The minimum absolute atomic E-state index is 0.325. The molecule has 1 amide bonds. The lowest BCUT2D eigenvalue weighted by Gasteiger charge is -2.28. The summed E-state index contributed by atoms with van der Waals surface area (Å²) >= 11 is 5.83. The van der Waals surface area contributed by atoms with Crippen LogP contribution in [0.5, 0.6) is 0 Å². The summed E-state index contributed by atoms with van der Waals surface area (Å²) in [6, 6.07) is 7.28. The van der Waals surface area contributed by atoms with Crippen LogP contribution in [0.1, 0.15) is 39.5 Å². The van der Waals surface area contributed by atoms with Gasteiger partial charge in [0.2, 0.25) is 5.91 Å². The van der Waals surface area contributed by atoms with Gasteiger partial charge in [0.1, 0.15) is 5.54 Å². The number of benzene rings is 1. The molecule has 0 radical (unpaired) electrons. The third-order valence-corrected chi connectivity index (χ3v) is 3.34. The van der Waals surface area contributed by atoms with Crippen molar-refractivity contribution in [2.75, 3.05) is 5.32 Å². The second kappa shape index (κ2) is 6.64. The molecule has 18 heavy (non-hydrogen) atoms. The van der Waals surface area contributed by atoms with Crippen LogP contribution in [0.15, 0.2) is 24.3 Å². The van der Waals surface area contributed by atoms with Crippen molar-refractivity contribution in [1.29, 1.82) is 0 Å². The Morgan fingerprint density at radius 3 is 2.44 bits per heavy atom. The van der Waals surface area contributed by atoms with Gasteiger partial charge in [0.05, 0.1) is 0 Å². The van der Waals surface area contributed by atoms with Gasteiger partial charge < -0.3 is 11.1 Å². The minimum Gasteiger partial charge on any atom is -0.371 e. The number of hydrogen-bond acceptors (Lipinski definition) is 2. The molecular weight excluding hydrogens is 248 g/mol. The van der Waals surface area contributed by atoms with Crippen LogP contribution in [0.2, 0.25) is 5.02 Å². The van der Waals surface area contributed by atoms with E-state index in [-0.39, 0.29) is 5.91 Å². The van der Waals surface area contributed by atoms with Crippen molar-refractivity contribution in [2.24, 2.45) is 5.73 Å². The molecule has 0 spiro atoms. The fourth-order valence-electron chi connectivity index (χ4n) is 1.83. The molecule has 0 heterocycles. The Labute approximate surface area is 114 Å². The lowest BCUT2D eigenvalue weighted by molar-refractivity contribution is -0.122. The van der Waals surface area contributed by atoms with Gasteiger partial charge in [-0.05, 0) is 37.6 Å². The zero-order chi connectivity index (χ0) is 13.6. The molecule has 0 aliphatic carbocycles. The lowest BCUT2D eigenvalue weighted by atomic mass is 9.93. The van der Waals surface area contributed by atoms with Gasteiger partial charge in [-0.2, -0.15) is 0 Å². The molecule has 3 nitrogen and oxygen atoms in total. The molecule has 0 aliphatic rings. The Kier molecular flexibility index (Phi) is 5.48. The van der Waals surface area contributed by atoms with Gasteiger partial charge in [-0.1, -0.05) is 37.8 Å². The van der Waals surface area contributed by atoms with Crippen molar-refractivity contribution in [3.05, 3.63) is 29.3 Å². The molecule has 1 unspecified atom stereocenters. The largest absolute Gasteiger partial charge is 0.371 e. The van der Waals surface area contributed by atoms with E-state index in [4.69, 9.17) is 17.3 Å². The van der Waals surface area contributed by atoms with Crippen molar-refractivity contribution in [1.82, 2.24) is 0 Å². The van der Waals surface area contributed by atoms with E-state index in [0.29, 0.717) is 5.02 Å². The number of primary amides is 1. The Hall–Kier alpha value is -1.22. The third kappa shape index (κ3) is 4.22. The summed E-state index contributed by atoms with van der Waals surface area (Å²) in [6.07, 6.45) is 3.94. The Balaban J connectivity index is 2.72. The number of unbranched alkanes of at least 4 members (excludes halogenated alkanes) is 2. The predicted octanol–water partition coefficient (Wildman–Crippen LogP) is 3.58. The number of carbonyl (C=O) groups is 1. The van der Waals surface area contributed by atoms with Crippen LogP contribution < -0.4 is 11.1 Å². The van der Waals surface area contributed by atoms with Gasteiger partial charge in [-0.15, -0.1) is 0 Å². The topological polar surface area (TPSA) is 55.1 Å². The zero-order valence-electron chi connectivity index (χ0n) is 11.0. The molecule has 0 aromatic heterocycles. The first-order chi connectivity index (χ1) is 8.48. The summed E-state index contributed by atoms with van der Waals surface area (Å²) in [4.78, 5) is 11.6. The van der Waals surface area contributed by atoms with E-state index in [1.165, 1.54) is 0 Å². The highest BCUT2D eigenvalue weighted by Gasteiger charge is 2.30. The number of anilines is 1. The van der Waals surface area contributed by atoms with Crippen LogP contribution in [0.4, 0.5) is 5.69 Å². The normalized spacial score (nSPS) is 13.9. The van der Waals surface area contributed by atoms with Crippen molar-refractivity contribution in [2.45, 2.75) is 45.1 Å². The molecule has 4 heteroatoms.